The predicted molar refractivity (Wildman–Crippen MR) is 129 cm³/mol. The minimum Gasteiger partial charge on any atom is -0.475 e. The van der Waals surface area contributed by atoms with Gasteiger partial charge in [0, 0.05) is 34.6 Å². The van der Waals surface area contributed by atoms with Gasteiger partial charge >= 0.3 is 12.1 Å². The van der Waals surface area contributed by atoms with Crippen LogP contribution in [0.1, 0.15) is 28.9 Å². The summed E-state index contributed by atoms with van der Waals surface area (Å²) in [4.78, 5) is 26.6. The Hall–Kier alpha value is -4.56. The van der Waals surface area contributed by atoms with E-state index >= 15 is 0 Å². The number of halogens is 3. The molecule has 0 saturated carbocycles. The van der Waals surface area contributed by atoms with E-state index in [-0.39, 0.29) is 0 Å². The summed E-state index contributed by atoms with van der Waals surface area (Å²) in [6, 6.07) is 13.4. The summed E-state index contributed by atoms with van der Waals surface area (Å²) in [5.41, 5.74) is 9.57. The number of benzene rings is 1. The highest BCUT2D eigenvalue weighted by Gasteiger charge is 2.38. The molecular formula is C26H20F3N5O3. The number of carboxylic acid groups (broad SMARTS) is 1. The largest absolute Gasteiger partial charge is 0.490 e. The first-order chi connectivity index (χ1) is 17.5. The first kappa shape index (κ1) is 25.5. The topological polar surface area (TPSA) is 135 Å². The second-order valence-electron chi connectivity index (χ2n) is 8.23. The molecule has 1 aliphatic carbocycles. The molecule has 4 N–H and O–H groups in total. The second kappa shape index (κ2) is 9.83. The van der Waals surface area contributed by atoms with Crippen molar-refractivity contribution in [3.8, 4) is 23.2 Å². The Labute approximate surface area is 209 Å². The Kier molecular flexibility index (Phi) is 6.78. The van der Waals surface area contributed by atoms with E-state index in [9.17, 15) is 18.3 Å². The summed E-state index contributed by atoms with van der Waals surface area (Å²) in [6.45, 7) is 1.93. The number of nitrogens with two attached hydrogens (primary N) is 1. The monoisotopic (exact) mass is 507 g/mol. The van der Waals surface area contributed by atoms with Crippen LogP contribution in [-0.2, 0) is 16.8 Å². The zero-order valence-corrected chi connectivity index (χ0v) is 19.4. The van der Waals surface area contributed by atoms with Gasteiger partial charge < -0.3 is 15.9 Å². The Bertz CT molecular complexity index is 1560. The molecule has 0 bridgehead atoms. The van der Waals surface area contributed by atoms with Crippen LogP contribution in [0, 0.1) is 18.8 Å². The van der Waals surface area contributed by atoms with Gasteiger partial charge in [-0.15, -0.1) is 0 Å². The molecule has 0 radical (unpaired) electrons. The number of carboxylic acids is 1. The normalized spacial score (nSPS) is 16.2. The molecule has 8 nitrogen and oxygen atoms in total. The number of pyridine rings is 2. The lowest BCUT2D eigenvalue weighted by atomic mass is 10.0. The number of aliphatic hydroxyl groups is 1. The van der Waals surface area contributed by atoms with Crippen LogP contribution in [0.25, 0.3) is 22.3 Å². The van der Waals surface area contributed by atoms with Gasteiger partial charge in [-0.05, 0) is 49.6 Å². The molecule has 0 spiro atoms. The second-order valence-corrected chi connectivity index (χ2v) is 8.23. The van der Waals surface area contributed by atoms with Crippen molar-refractivity contribution in [2.24, 2.45) is 0 Å². The van der Waals surface area contributed by atoms with Crippen molar-refractivity contribution in [2.45, 2.75) is 31.5 Å². The highest BCUT2D eigenvalue weighted by atomic mass is 19.4. The molecule has 0 fully saturated rings. The van der Waals surface area contributed by atoms with Crippen LogP contribution in [-0.4, -0.2) is 42.3 Å². The van der Waals surface area contributed by atoms with Crippen molar-refractivity contribution in [3.05, 3.63) is 77.4 Å². The average molecular weight is 507 g/mol. The number of aliphatic carboxylic acids is 1. The lowest BCUT2D eigenvalue weighted by Gasteiger charge is -2.15. The molecule has 0 aliphatic heterocycles. The maximum absolute atomic E-state index is 11.0. The van der Waals surface area contributed by atoms with Gasteiger partial charge in [-0.25, -0.2) is 19.7 Å². The van der Waals surface area contributed by atoms with Crippen LogP contribution < -0.4 is 5.73 Å². The number of carbonyl (C=O) groups is 1. The summed E-state index contributed by atoms with van der Waals surface area (Å²) in [5.74, 6) is 4.33. The molecular weight excluding hydrogens is 487 g/mol. The molecule has 3 heterocycles. The van der Waals surface area contributed by atoms with Crippen LogP contribution >= 0.6 is 0 Å². The van der Waals surface area contributed by atoms with Crippen LogP contribution in [0.5, 0.6) is 0 Å². The quantitative estimate of drug-likeness (QED) is 0.331. The molecule has 188 valence electrons. The Morgan fingerprint density at radius 1 is 1.11 bits per heavy atom. The summed E-state index contributed by atoms with van der Waals surface area (Å²) in [5, 5.41) is 19.0. The van der Waals surface area contributed by atoms with Gasteiger partial charge in [0.1, 0.15) is 11.3 Å². The Morgan fingerprint density at radius 3 is 2.59 bits per heavy atom. The van der Waals surface area contributed by atoms with Gasteiger partial charge in [0.2, 0.25) is 0 Å². The van der Waals surface area contributed by atoms with E-state index in [0.717, 1.165) is 34.2 Å². The van der Waals surface area contributed by atoms with Crippen LogP contribution in [0.4, 0.5) is 19.0 Å². The summed E-state index contributed by atoms with van der Waals surface area (Å²) < 4.78 is 31.7. The smallest absolute Gasteiger partial charge is 0.475 e. The summed E-state index contributed by atoms with van der Waals surface area (Å²) in [6.07, 6.45) is -0.415. The first-order valence-corrected chi connectivity index (χ1v) is 11.0. The maximum atomic E-state index is 11.0. The number of nitrogens with zero attached hydrogens (tertiary/aromatic N) is 4. The standard InChI is InChI=1S/C24H19N5O.C2HF3O2/c1-15-19-9-13-27-22(25)20(19)29-23(28-15)18-5-2-4-16(14-18)7-10-24(30)11-8-17-6-3-12-26-21(17)24;3-2(4,5)1(6)7/h2-6,9,12-14,30H,8,11H2,1H3,(H2,25,27);(H,6,7)/t24-;/m0./s1. The molecule has 3 aromatic heterocycles. The number of hydrogen-bond donors (Lipinski definition) is 3. The van der Waals surface area contributed by atoms with E-state index in [1.165, 1.54) is 0 Å². The molecule has 5 rings (SSSR count). The number of rotatable bonds is 1. The van der Waals surface area contributed by atoms with Crippen LogP contribution in [0.2, 0.25) is 0 Å². The maximum Gasteiger partial charge on any atom is 0.490 e. The van der Waals surface area contributed by atoms with Crippen molar-refractivity contribution in [2.75, 3.05) is 5.73 Å². The first-order valence-electron chi connectivity index (χ1n) is 11.0. The number of anilines is 1. The van der Waals surface area contributed by atoms with Gasteiger partial charge in [-0.3, -0.25) is 4.98 Å². The zero-order chi connectivity index (χ0) is 26.8. The van der Waals surface area contributed by atoms with Crippen molar-refractivity contribution in [3.63, 3.8) is 0 Å². The van der Waals surface area contributed by atoms with Crippen LogP contribution in [0.3, 0.4) is 0 Å². The molecule has 1 aromatic carbocycles. The molecule has 0 amide bonds. The van der Waals surface area contributed by atoms with Crippen molar-refractivity contribution >= 4 is 22.7 Å². The number of alkyl halides is 3. The Morgan fingerprint density at radius 2 is 1.86 bits per heavy atom. The van der Waals surface area contributed by atoms with Crippen LogP contribution in [0.15, 0.2) is 54.9 Å². The van der Waals surface area contributed by atoms with Crippen molar-refractivity contribution < 1.29 is 28.2 Å². The minimum absolute atomic E-state index is 0.379. The number of aryl methyl sites for hydroxylation is 2. The zero-order valence-electron chi connectivity index (χ0n) is 19.4. The van der Waals surface area contributed by atoms with Gasteiger partial charge in [-0.1, -0.05) is 30.0 Å². The summed E-state index contributed by atoms with van der Waals surface area (Å²) >= 11 is 0. The van der Waals surface area contributed by atoms with Gasteiger partial charge in [0.25, 0.3) is 0 Å². The molecule has 1 atom stereocenters. The number of nitrogen functional groups attached to an aromatic ring is 1. The number of fused-ring (bicyclic) bond motifs is 2. The Balaban J connectivity index is 0.000000405. The highest BCUT2D eigenvalue weighted by Crippen LogP contribution is 2.34. The predicted octanol–water partition coefficient (Wildman–Crippen LogP) is 3.80. The average Bonchev–Trinajstić information content (AvgIpc) is 3.20. The molecule has 11 heteroatoms. The molecule has 37 heavy (non-hydrogen) atoms. The van der Waals surface area contributed by atoms with E-state index in [1.807, 2.05) is 49.4 Å². The van der Waals surface area contributed by atoms with Crippen molar-refractivity contribution in [1.82, 2.24) is 19.9 Å². The SMILES string of the molecule is Cc1nc(-c2cccc(C#C[C@]3(O)CCc4cccnc43)c2)nc2c(N)nccc12.O=C(O)C(F)(F)F. The van der Waals surface area contributed by atoms with Gasteiger partial charge in [0.15, 0.2) is 11.4 Å². The lowest BCUT2D eigenvalue weighted by Crippen LogP contribution is -2.21. The fraction of sp³-hybridized carbons (Fsp3) is 0.192. The fourth-order valence-corrected chi connectivity index (χ4v) is 3.84. The van der Waals surface area contributed by atoms with E-state index in [2.05, 4.69) is 31.8 Å². The molecule has 0 saturated heterocycles. The van der Waals surface area contributed by atoms with E-state index in [4.69, 9.17) is 15.6 Å². The third kappa shape index (κ3) is 5.49. The molecule has 4 aromatic rings. The van der Waals surface area contributed by atoms with E-state index in [1.54, 1.807) is 12.4 Å². The fourth-order valence-electron chi connectivity index (χ4n) is 3.84. The highest BCUT2D eigenvalue weighted by molar-refractivity contribution is 5.89. The third-order valence-corrected chi connectivity index (χ3v) is 5.65. The minimum atomic E-state index is -5.08. The number of hydrogen-bond acceptors (Lipinski definition) is 7. The molecule has 1 aliphatic rings. The van der Waals surface area contributed by atoms with Gasteiger partial charge in [-0.2, -0.15) is 13.2 Å². The number of aromatic nitrogens is 4. The molecule has 0 unspecified atom stereocenters. The van der Waals surface area contributed by atoms with Crippen molar-refractivity contribution in [1.29, 1.82) is 0 Å². The summed E-state index contributed by atoms with van der Waals surface area (Å²) in [7, 11) is 0. The lowest BCUT2D eigenvalue weighted by molar-refractivity contribution is -0.192. The van der Waals surface area contributed by atoms with Gasteiger partial charge in [0.05, 0.1) is 5.69 Å². The van der Waals surface area contributed by atoms with E-state index < -0.39 is 17.7 Å². The third-order valence-electron chi connectivity index (χ3n) is 5.65. The van der Waals surface area contributed by atoms with E-state index in [0.29, 0.717) is 29.3 Å².